The summed E-state index contributed by atoms with van der Waals surface area (Å²) in [5.74, 6) is -0.299. The Morgan fingerprint density at radius 3 is 2.59 bits per heavy atom. The molecule has 2 heterocycles. The van der Waals surface area contributed by atoms with Gasteiger partial charge in [0.05, 0.1) is 23.6 Å². The summed E-state index contributed by atoms with van der Waals surface area (Å²) < 4.78 is 24.5. The van der Waals surface area contributed by atoms with Crippen LogP contribution in [-0.4, -0.2) is 54.1 Å². The van der Waals surface area contributed by atoms with E-state index in [-0.39, 0.29) is 48.7 Å². The first-order chi connectivity index (χ1) is 12.9. The van der Waals surface area contributed by atoms with Gasteiger partial charge in [0.15, 0.2) is 9.84 Å². The molecule has 144 valence electrons. The molecule has 1 saturated heterocycles. The second-order valence-electron chi connectivity index (χ2n) is 6.56. The standard InChI is InChI=1S/C18H22N4O4S/c23-17(21-15-7-11-27(25,26)13-15)6-9-19-18(24)12-14-2-4-16(5-3-14)22-10-1-8-20-22/h1-5,8,10,15H,6-7,9,11-13H2,(H,19,24)(H,21,23). The van der Waals surface area contributed by atoms with Gasteiger partial charge in [-0.15, -0.1) is 0 Å². The number of amides is 2. The van der Waals surface area contributed by atoms with Gasteiger partial charge in [0, 0.05) is 31.4 Å². The summed E-state index contributed by atoms with van der Waals surface area (Å²) in [5, 5.41) is 9.55. The number of benzene rings is 1. The molecule has 1 aliphatic heterocycles. The molecule has 2 amide bonds. The first kappa shape index (κ1) is 19.1. The largest absolute Gasteiger partial charge is 0.355 e. The summed E-state index contributed by atoms with van der Waals surface area (Å²) >= 11 is 0. The first-order valence-corrected chi connectivity index (χ1v) is 10.6. The molecule has 8 nitrogen and oxygen atoms in total. The van der Waals surface area contributed by atoms with Crippen LogP contribution < -0.4 is 10.6 Å². The number of aromatic nitrogens is 2. The molecule has 9 heteroatoms. The van der Waals surface area contributed by atoms with Crippen LogP contribution in [0, 0.1) is 0 Å². The van der Waals surface area contributed by atoms with E-state index >= 15 is 0 Å². The SMILES string of the molecule is O=C(Cc1ccc(-n2cccn2)cc1)NCCC(=O)NC1CCS(=O)(=O)C1. The predicted octanol–water partition coefficient (Wildman–Crippen LogP) is 0.224. The van der Waals surface area contributed by atoms with Crippen molar-refractivity contribution in [2.24, 2.45) is 0 Å². The molecule has 0 radical (unpaired) electrons. The number of rotatable bonds is 7. The lowest BCUT2D eigenvalue weighted by atomic mass is 10.1. The van der Waals surface area contributed by atoms with Crippen molar-refractivity contribution in [1.29, 1.82) is 0 Å². The van der Waals surface area contributed by atoms with Gasteiger partial charge in [0.25, 0.3) is 0 Å². The summed E-state index contributed by atoms with van der Waals surface area (Å²) in [7, 11) is -3.02. The van der Waals surface area contributed by atoms with Crippen molar-refractivity contribution in [3.05, 3.63) is 48.3 Å². The number of nitrogens with one attached hydrogen (secondary N) is 2. The van der Waals surface area contributed by atoms with E-state index in [1.807, 2.05) is 36.5 Å². The number of sulfone groups is 1. The number of carbonyl (C=O) groups excluding carboxylic acids is 2. The summed E-state index contributed by atoms with van der Waals surface area (Å²) in [6.45, 7) is 0.218. The van der Waals surface area contributed by atoms with E-state index in [2.05, 4.69) is 15.7 Å². The quantitative estimate of drug-likeness (QED) is 0.703. The maximum absolute atomic E-state index is 12.0. The molecule has 3 rings (SSSR count). The molecular formula is C18H22N4O4S. The summed E-state index contributed by atoms with van der Waals surface area (Å²) in [5.41, 5.74) is 1.78. The van der Waals surface area contributed by atoms with Gasteiger partial charge in [-0.05, 0) is 30.2 Å². The van der Waals surface area contributed by atoms with Crippen molar-refractivity contribution in [2.75, 3.05) is 18.1 Å². The highest BCUT2D eigenvalue weighted by molar-refractivity contribution is 7.91. The van der Waals surface area contributed by atoms with Crippen LogP contribution in [0.15, 0.2) is 42.7 Å². The second-order valence-corrected chi connectivity index (χ2v) is 8.79. The lowest BCUT2D eigenvalue weighted by molar-refractivity contribution is -0.122. The molecule has 1 unspecified atom stereocenters. The van der Waals surface area contributed by atoms with E-state index < -0.39 is 9.84 Å². The van der Waals surface area contributed by atoms with Gasteiger partial charge in [-0.25, -0.2) is 13.1 Å². The van der Waals surface area contributed by atoms with Crippen LogP contribution in [0.4, 0.5) is 0 Å². The van der Waals surface area contributed by atoms with E-state index in [1.165, 1.54) is 0 Å². The van der Waals surface area contributed by atoms with Crippen molar-refractivity contribution < 1.29 is 18.0 Å². The van der Waals surface area contributed by atoms with E-state index in [9.17, 15) is 18.0 Å². The molecule has 1 fully saturated rings. The normalized spacial score (nSPS) is 18.1. The molecule has 0 aliphatic carbocycles. The van der Waals surface area contributed by atoms with Gasteiger partial charge in [-0.2, -0.15) is 5.10 Å². The fourth-order valence-electron chi connectivity index (χ4n) is 2.96. The van der Waals surface area contributed by atoms with E-state index in [4.69, 9.17) is 0 Å². The Morgan fingerprint density at radius 1 is 1.19 bits per heavy atom. The minimum absolute atomic E-state index is 0.000371. The highest BCUT2D eigenvalue weighted by Crippen LogP contribution is 2.11. The fraction of sp³-hybridized carbons (Fsp3) is 0.389. The van der Waals surface area contributed by atoms with Crippen LogP contribution in [0.2, 0.25) is 0 Å². The van der Waals surface area contributed by atoms with Crippen molar-refractivity contribution >= 4 is 21.7 Å². The molecule has 27 heavy (non-hydrogen) atoms. The van der Waals surface area contributed by atoms with Crippen LogP contribution >= 0.6 is 0 Å². The maximum atomic E-state index is 12.0. The highest BCUT2D eigenvalue weighted by Gasteiger charge is 2.28. The Morgan fingerprint density at radius 2 is 1.96 bits per heavy atom. The molecule has 1 atom stereocenters. The monoisotopic (exact) mass is 390 g/mol. The van der Waals surface area contributed by atoms with Gasteiger partial charge < -0.3 is 10.6 Å². The van der Waals surface area contributed by atoms with Crippen molar-refractivity contribution in [1.82, 2.24) is 20.4 Å². The third kappa shape index (κ3) is 5.65. The van der Waals surface area contributed by atoms with Gasteiger partial charge in [-0.3, -0.25) is 9.59 Å². The lowest BCUT2D eigenvalue weighted by Gasteiger charge is -2.11. The molecule has 1 aromatic heterocycles. The number of hydrogen-bond acceptors (Lipinski definition) is 5. The third-order valence-corrected chi connectivity index (χ3v) is 6.11. The molecule has 2 aromatic rings. The molecule has 0 spiro atoms. The Balaban J connectivity index is 1.37. The second kappa shape index (κ2) is 8.34. The minimum Gasteiger partial charge on any atom is -0.355 e. The zero-order chi connectivity index (χ0) is 19.3. The molecule has 1 aliphatic rings. The Bertz CT molecular complexity index is 892. The van der Waals surface area contributed by atoms with Gasteiger partial charge in [0.2, 0.25) is 11.8 Å². The van der Waals surface area contributed by atoms with E-state index in [0.29, 0.717) is 6.42 Å². The summed E-state index contributed by atoms with van der Waals surface area (Å²) in [6.07, 6.45) is 4.34. The van der Waals surface area contributed by atoms with Gasteiger partial charge in [-0.1, -0.05) is 12.1 Å². The maximum Gasteiger partial charge on any atom is 0.224 e. The van der Waals surface area contributed by atoms with Crippen LogP contribution in [0.25, 0.3) is 5.69 Å². The number of nitrogens with zero attached hydrogens (tertiary/aromatic N) is 2. The topological polar surface area (TPSA) is 110 Å². The number of carbonyl (C=O) groups is 2. The zero-order valence-electron chi connectivity index (χ0n) is 14.8. The van der Waals surface area contributed by atoms with Gasteiger partial charge in [0.1, 0.15) is 0 Å². The van der Waals surface area contributed by atoms with Crippen LogP contribution in [0.1, 0.15) is 18.4 Å². The van der Waals surface area contributed by atoms with E-state index in [0.717, 1.165) is 11.3 Å². The van der Waals surface area contributed by atoms with Crippen LogP contribution in [-0.2, 0) is 25.8 Å². The summed E-state index contributed by atoms with van der Waals surface area (Å²) in [6, 6.07) is 9.03. The van der Waals surface area contributed by atoms with Crippen LogP contribution in [0.5, 0.6) is 0 Å². The van der Waals surface area contributed by atoms with Crippen LogP contribution in [0.3, 0.4) is 0 Å². The zero-order valence-corrected chi connectivity index (χ0v) is 15.6. The average Bonchev–Trinajstić information content (AvgIpc) is 3.25. The lowest BCUT2D eigenvalue weighted by Crippen LogP contribution is -2.37. The fourth-order valence-corrected chi connectivity index (χ4v) is 4.63. The van der Waals surface area contributed by atoms with Crippen molar-refractivity contribution in [3.63, 3.8) is 0 Å². The minimum atomic E-state index is -3.02. The molecular weight excluding hydrogens is 368 g/mol. The Kier molecular flexibility index (Phi) is 5.90. The van der Waals surface area contributed by atoms with Gasteiger partial charge >= 0.3 is 0 Å². The predicted molar refractivity (Wildman–Crippen MR) is 100 cm³/mol. The Labute approximate surface area is 157 Å². The van der Waals surface area contributed by atoms with Crippen molar-refractivity contribution in [3.8, 4) is 5.69 Å². The summed E-state index contributed by atoms with van der Waals surface area (Å²) in [4.78, 5) is 23.8. The average molecular weight is 390 g/mol. The van der Waals surface area contributed by atoms with E-state index in [1.54, 1.807) is 10.9 Å². The smallest absolute Gasteiger partial charge is 0.224 e. The first-order valence-electron chi connectivity index (χ1n) is 8.77. The van der Waals surface area contributed by atoms with Crippen molar-refractivity contribution in [2.45, 2.75) is 25.3 Å². The highest BCUT2D eigenvalue weighted by atomic mass is 32.2. The molecule has 0 saturated carbocycles. The number of hydrogen-bond donors (Lipinski definition) is 2. The molecule has 2 N–H and O–H groups in total. The Hall–Kier alpha value is -2.68. The molecule has 0 bridgehead atoms. The third-order valence-electron chi connectivity index (χ3n) is 4.34. The molecule has 1 aromatic carbocycles.